The highest BCUT2D eigenvalue weighted by Crippen LogP contribution is 2.38. The predicted octanol–water partition coefficient (Wildman–Crippen LogP) is 3.00. The molecule has 0 spiro atoms. The van der Waals surface area contributed by atoms with Crippen LogP contribution < -0.4 is 0 Å². The Kier molecular flexibility index (Phi) is 3.39. The molecule has 1 atom stereocenters. The number of benzene rings is 1. The van der Waals surface area contributed by atoms with E-state index in [0.29, 0.717) is 12.1 Å². The Morgan fingerprint density at radius 2 is 2.05 bits per heavy atom. The number of nitrogens with zero attached hydrogens (tertiary/aromatic N) is 5. The molecule has 2 aromatic rings. The topological polar surface area (TPSA) is 46.8 Å². The van der Waals surface area contributed by atoms with Gasteiger partial charge in [0.05, 0.1) is 12.6 Å². The van der Waals surface area contributed by atoms with Gasteiger partial charge in [-0.05, 0) is 54.3 Å². The minimum Gasteiger partial charge on any atom is -0.289 e. The smallest absolute Gasteiger partial charge is 0.165 e. The van der Waals surface area contributed by atoms with E-state index in [-0.39, 0.29) is 0 Å². The minimum atomic E-state index is 0.378. The molecule has 0 unspecified atom stereocenters. The molecule has 2 fully saturated rings. The normalized spacial score (nSPS) is 22.8. The Labute approximate surface area is 128 Å². The summed E-state index contributed by atoms with van der Waals surface area (Å²) in [5.41, 5.74) is 1.22. The van der Waals surface area contributed by atoms with Crippen molar-refractivity contribution in [3.63, 3.8) is 0 Å². The van der Waals surface area contributed by atoms with E-state index in [9.17, 15) is 0 Å². The SMILES string of the molecule is Clc1ccccc1[C@@H]1CCCN1Cc1nnnn1C1CC1. The molecule has 1 aliphatic carbocycles. The van der Waals surface area contributed by atoms with Gasteiger partial charge in [0.1, 0.15) is 0 Å². The van der Waals surface area contributed by atoms with Gasteiger partial charge < -0.3 is 0 Å². The number of hydrogen-bond donors (Lipinski definition) is 0. The molecule has 110 valence electrons. The summed E-state index contributed by atoms with van der Waals surface area (Å²) < 4.78 is 2.00. The molecule has 0 bridgehead atoms. The van der Waals surface area contributed by atoms with Crippen LogP contribution in [0.15, 0.2) is 24.3 Å². The fourth-order valence-corrected chi connectivity index (χ4v) is 3.48. The molecule has 1 saturated heterocycles. The van der Waals surface area contributed by atoms with Crippen molar-refractivity contribution in [1.29, 1.82) is 0 Å². The summed E-state index contributed by atoms with van der Waals surface area (Å²) in [5, 5.41) is 13.1. The molecule has 6 heteroatoms. The highest BCUT2D eigenvalue weighted by molar-refractivity contribution is 6.31. The molecule has 0 radical (unpaired) electrons. The average molecular weight is 304 g/mol. The van der Waals surface area contributed by atoms with Gasteiger partial charge in [-0.15, -0.1) is 5.10 Å². The highest BCUT2D eigenvalue weighted by atomic mass is 35.5. The summed E-state index contributed by atoms with van der Waals surface area (Å²) >= 11 is 6.37. The first-order valence-electron chi connectivity index (χ1n) is 7.58. The summed E-state index contributed by atoms with van der Waals surface area (Å²) in [6, 6.07) is 9.06. The summed E-state index contributed by atoms with van der Waals surface area (Å²) in [6.07, 6.45) is 4.74. The van der Waals surface area contributed by atoms with Gasteiger partial charge in [0.15, 0.2) is 5.82 Å². The molecule has 5 nitrogen and oxygen atoms in total. The molecule has 0 N–H and O–H groups in total. The van der Waals surface area contributed by atoms with Gasteiger partial charge in [-0.1, -0.05) is 29.8 Å². The Hall–Kier alpha value is -1.46. The second-order valence-electron chi connectivity index (χ2n) is 5.92. The summed E-state index contributed by atoms with van der Waals surface area (Å²) in [5.74, 6) is 0.983. The molecule has 4 rings (SSSR count). The van der Waals surface area contributed by atoms with Crippen molar-refractivity contribution in [1.82, 2.24) is 25.1 Å². The van der Waals surface area contributed by atoms with Gasteiger partial charge in [-0.3, -0.25) is 4.90 Å². The Morgan fingerprint density at radius 3 is 2.86 bits per heavy atom. The van der Waals surface area contributed by atoms with Crippen molar-refractivity contribution < 1.29 is 0 Å². The van der Waals surface area contributed by atoms with Crippen LogP contribution in [0.4, 0.5) is 0 Å². The van der Waals surface area contributed by atoms with Crippen molar-refractivity contribution in [2.75, 3.05) is 6.54 Å². The molecule has 1 saturated carbocycles. The lowest BCUT2D eigenvalue weighted by atomic mass is 10.0. The first-order chi connectivity index (χ1) is 10.3. The number of aromatic nitrogens is 4. The Bertz CT molecular complexity index is 636. The summed E-state index contributed by atoms with van der Waals surface area (Å²) in [6.45, 7) is 1.88. The second kappa shape index (κ2) is 5.39. The lowest BCUT2D eigenvalue weighted by Crippen LogP contribution is -2.25. The predicted molar refractivity (Wildman–Crippen MR) is 79.9 cm³/mol. The standard InChI is InChI=1S/C15H18ClN5/c16-13-5-2-1-4-12(13)14-6-3-9-20(14)10-15-17-18-19-21(15)11-7-8-11/h1-2,4-5,11,14H,3,6-10H2/t14-/m0/s1. The van der Waals surface area contributed by atoms with Crippen LogP contribution in [0, 0.1) is 0 Å². The van der Waals surface area contributed by atoms with Gasteiger partial charge in [0, 0.05) is 11.1 Å². The van der Waals surface area contributed by atoms with E-state index in [1.165, 1.54) is 24.8 Å². The first kappa shape index (κ1) is 13.2. The highest BCUT2D eigenvalue weighted by Gasteiger charge is 2.32. The zero-order chi connectivity index (χ0) is 14.2. The number of tetrazole rings is 1. The molecular formula is C15H18ClN5. The second-order valence-corrected chi connectivity index (χ2v) is 6.33. The molecule has 1 aromatic carbocycles. The van der Waals surface area contributed by atoms with Gasteiger partial charge in [0.25, 0.3) is 0 Å². The fourth-order valence-electron chi connectivity index (χ4n) is 3.21. The van der Waals surface area contributed by atoms with Gasteiger partial charge in [-0.25, -0.2) is 4.68 Å². The zero-order valence-corrected chi connectivity index (χ0v) is 12.6. The van der Waals surface area contributed by atoms with Crippen molar-refractivity contribution in [3.05, 3.63) is 40.7 Å². The van der Waals surface area contributed by atoms with Crippen molar-refractivity contribution in [2.24, 2.45) is 0 Å². The lowest BCUT2D eigenvalue weighted by Gasteiger charge is -2.25. The van der Waals surface area contributed by atoms with Crippen LogP contribution >= 0.6 is 11.6 Å². The van der Waals surface area contributed by atoms with E-state index in [1.54, 1.807) is 0 Å². The van der Waals surface area contributed by atoms with Crippen molar-refractivity contribution >= 4 is 11.6 Å². The van der Waals surface area contributed by atoms with Crippen LogP contribution in [0.2, 0.25) is 5.02 Å². The van der Waals surface area contributed by atoms with E-state index < -0.39 is 0 Å². The van der Waals surface area contributed by atoms with Gasteiger partial charge in [-0.2, -0.15) is 0 Å². The molecule has 1 aromatic heterocycles. The third kappa shape index (κ3) is 2.56. The van der Waals surface area contributed by atoms with E-state index >= 15 is 0 Å². The Balaban J connectivity index is 1.56. The van der Waals surface area contributed by atoms with Gasteiger partial charge in [0.2, 0.25) is 0 Å². The summed E-state index contributed by atoms with van der Waals surface area (Å²) in [4.78, 5) is 2.45. The Morgan fingerprint density at radius 1 is 1.19 bits per heavy atom. The summed E-state index contributed by atoms with van der Waals surface area (Å²) in [7, 11) is 0. The maximum absolute atomic E-state index is 6.37. The van der Waals surface area contributed by atoms with Crippen LogP contribution in [-0.4, -0.2) is 31.7 Å². The van der Waals surface area contributed by atoms with Crippen LogP contribution in [0.3, 0.4) is 0 Å². The molecule has 2 heterocycles. The first-order valence-corrected chi connectivity index (χ1v) is 7.96. The van der Waals surface area contributed by atoms with Gasteiger partial charge >= 0.3 is 0 Å². The van der Waals surface area contributed by atoms with Crippen molar-refractivity contribution in [2.45, 2.75) is 44.3 Å². The van der Waals surface area contributed by atoms with E-state index in [1.807, 2.05) is 16.8 Å². The maximum Gasteiger partial charge on any atom is 0.165 e. The molecule has 1 aliphatic heterocycles. The van der Waals surface area contributed by atoms with Crippen LogP contribution in [0.25, 0.3) is 0 Å². The molecule has 2 aliphatic rings. The molecular weight excluding hydrogens is 286 g/mol. The van der Waals surface area contributed by atoms with E-state index in [0.717, 1.165) is 30.4 Å². The quantitative estimate of drug-likeness (QED) is 0.871. The molecule has 0 amide bonds. The minimum absolute atomic E-state index is 0.378. The maximum atomic E-state index is 6.37. The lowest BCUT2D eigenvalue weighted by molar-refractivity contribution is 0.237. The zero-order valence-electron chi connectivity index (χ0n) is 11.8. The fraction of sp³-hybridized carbons (Fsp3) is 0.533. The number of rotatable bonds is 4. The molecule has 21 heavy (non-hydrogen) atoms. The van der Waals surface area contributed by atoms with Crippen molar-refractivity contribution in [3.8, 4) is 0 Å². The van der Waals surface area contributed by atoms with Crippen LogP contribution in [0.1, 0.15) is 49.2 Å². The van der Waals surface area contributed by atoms with E-state index in [4.69, 9.17) is 11.6 Å². The van der Waals surface area contributed by atoms with E-state index in [2.05, 4.69) is 32.6 Å². The van der Waals surface area contributed by atoms with Crippen LogP contribution in [0.5, 0.6) is 0 Å². The monoisotopic (exact) mass is 303 g/mol. The largest absolute Gasteiger partial charge is 0.289 e. The average Bonchev–Trinajstić information content (AvgIpc) is 3.06. The third-order valence-corrected chi connectivity index (χ3v) is 4.77. The number of hydrogen-bond acceptors (Lipinski definition) is 4. The third-order valence-electron chi connectivity index (χ3n) is 4.43. The number of likely N-dealkylation sites (tertiary alicyclic amines) is 1. The number of halogens is 1. The van der Waals surface area contributed by atoms with Crippen LogP contribution in [-0.2, 0) is 6.54 Å².